The fourth-order valence-electron chi connectivity index (χ4n) is 2.69. The number of methoxy groups -OCH3 is 1. The minimum atomic E-state index is -1.21. The van der Waals surface area contributed by atoms with Crippen molar-refractivity contribution in [1.29, 1.82) is 0 Å². The molecule has 2 aromatic carbocycles. The molecule has 138 valence electrons. The number of rotatable bonds is 4. The molecule has 0 radical (unpaired) electrons. The minimum absolute atomic E-state index is 0.0304. The van der Waals surface area contributed by atoms with Crippen molar-refractivity contribution in [2.24, 2.45) is 0 Å². The Morgan fingerprint density at radius 2 is 1.93 bits per heavy atom. The Morgan fingerprint density at radius 1 is 1.19 bits per heavy atom. The van der Waals surface area contributed by atoms with Crippen LogP contribution in [0.3, 0.4) is 0 Å². The fourth-order valence-corrected chi connectivity index (χ4v) is 2.90. The van der Waals surface area contributed by atoms with Gasteiger partial charge in [0, 0.05) is 17.1 Å². The van der Waals surface area contributed by atoms with Crippen molar-refractivity contribution in [3.05, 3.63) is 64.1 Å². The largest absolute Gasteiger partial charge is 0.496 e. The molecule has 1 aromatic heterocycles. The van der Waals surface area contributed by atoms with Gasteiger partial charge in [-0.25, -0.2) is 9.18 Å². The third-order valence-electron chi connectivity index (χ3n) is 3.91. The van der Waals surface area contributed by atoms with Gasteiger partial charge < -0.3 is 15.2 Å². The number of carbonyl (C=O) groups excluding carboxylic acids is 1. The molecule has 3 aromatic rings. The van der Waals surface area contributed by atoms with Gasteiger partial charge in [-0.3, -0.25) is 9.78 Å². The summed E-state index contributed by atoms with van der Waals surface area (Å²) in [6.07, 6.45) is 0. The van der Waals surface area contributed by atoms with Gasteiger partial charge in [0.2, 0.25) is 0 Å². The van der Waals surface area contributed by atoms with E-state index in [2.05, 4.69) is 10.3 Å². The number of ether oxygens (including phenoxy) is 1. The molecule has 0 saturated carbocycles. The monoisotopic (exact) mass is 388 g/mol. The fraction of sp³-hybridized carbons (Fsp3) is 0.105. The topological polar surface area (TPSA) is 88.5 Å². The number of aromatic carboxylic acids is 1. The highest BCUT2D eigenvalue weighted by molar-refractivity contribution is 6.34. The van der Waals surface area contributed by atoms with E-state index in [0.717, 1.165) is 0 Å². The van der Waals surface area contributed by atoms with Gasteiger partial charge in [-0.2, -0.15) is 0 Å². The molecule has 6 nitrogen and oxygen atoms in total. The summed E-state index contributed by atoms with van der Waals surface area (Å²) in [6.45, 7) is 1.72. The van der Waals surface area contributed by atoms with E-state index in [1.54, 1.807) is 6.92 Å². The third-order valence-corrected chi connectivity index (χ3v) is 4.22. The number of carbonyl (C=O) groups is 2. The summed E-state index contributed by atoms with van der Waals surface area (Å²) in [5, 5.41) is 12.2. The summed E-state index contributed by atoms with van der Waals surface area (Å²) in [6, 6.07) is 8.03. The number of hydrogen-bond donors (Lipinski definition) is 2. The lowest BCUT2D eigenvalue weighted by Crippen LogP contribution is -2.14. The van der Waals surface area contributed by atoms with E-state index in [0.29, 0.717) is 16.6 Å². The van der Waals surface area contributed by atoms with Gasteiger partial charge in [0.15, 0.2) is 0 Å². The zero-order chi connectivity index (χ0) is 19.7. The lowest BCUT2D eigenvalue weighted by atomic mass is 10.1. The Hall–Kier alpha value is -3.19. The molecule has 0 unspecified atom stereocenters. The summed E-state index contributed by atoms with van der Waals surface area (Å²) in [7, 11) is 1.31. The second-order valence-corrected chi connectivity index (χ2v) is 6.17. The number of hydrogen-bond acceptors (Lipinski definition) is 4. The first-order valence-electron chi connectivity index (χ1n) is 7.79. The Balaban J connectivity index is 2.05. The zero-order valence-corrected chi connectivity index (χ0v) is 15.1. The van der Waals surface area contributed by atoms with Crippen LogP contribution in [-0.2, 0) is 0 Å². The SMILES string of the molecule is COc1cc(NC(=O)c2cc(C)nc3ccc(F)cc23)c(Cl)cc1C(=O)O. The number of pyridine rings is 1. The van der Waals surface area contributed by atoms with Crippen LogP contribution < -0.4 is 10.1 Å². The van der Waals surface area contributed by atoms with E-state index < -0.39 is 17.7 Å². The molecular formula is C19H14ClFN2O4. The minimum Gasteiger partial charge on any atom is -0.496 e. The average Bonchev–Trinajstić information content (AvgIpc) is 2.62. The molecule has 8 heteroatoms. The maximum absolute atomic E-state index is 13.6. The number of aryl methyl sites for hydroxylation is 1. The number of anilines is 1. The first-order chi connectivity index (χ1) is 12.8. The predicted molar refractivity (Wildman–Crippen MR) is 99.4 cm³/mol. The van der Waals surface area contributed by atoms with Crippen LogP contribution in [0.5, 0.6) is 5.75 Å². The maximum atomic E-state index is 13.6. The molecule has 27 heavy (non-hydrogen) atoms. The van der Waals surface area contributed by atoms with Gasteiger partial charge >= 0.3 is 5.97 Å². The summed E-state index contributed by atoms with van der Waals surface area (Å²) < 4.78 is 18.7. The summed E-state index contributed by atoms with van der Waals surface area (Å²) in [5.74, 6) is -2.20. The van der Waals surface area contributed by atoms with Crippen LogP contribution in [-0.4, -0.2) is 29.1 Å². The molecule has 1 heterocycles. The summed E-state index contributed by atoms with van der Waals surface area (Å²) in [4.78, 5) is 28.3. The standard InChI is InChI=1S/C19H14ClFN2O4/c1-9-5-12(11-6-10(21)3-4-15(11)22-9)18(24)23-16-8-17(27-2)13(19(25)26)7-14(16)20/h3-8H,1-2H3,(H,23,24)(H,25,26). The van der Waals surface area contributed by atoms with Crippen molar-refractivity contribution in [3.8, 4) is 5.75 Å². The van der Waals surface area contributed by atoms with E-state index in [1.807, 2.05) is 0 Å². The molecule has 0 aliphatic rings. The number of carboxylic acids is 1. The van der Waals surface area contributed by atoms with Gasteiger partial charge in [0.1, 0.15) is 17.1 Å². The van der Waals surface area contributed by atoms with Gasteiger partial charge in [-0.15, -0.1) is 0 Å². The molecule has 0 bridgehead atoms. The molecular weight excluding hydrogens is 375 g/mol. The average molecular weight is 389 g/mol. The number of aromatic nitrogens is 1. The van der Waals surface area contributed by atoms with Gasteiger partial charge in [-0.05, 0) is 37.3 Å². The van der Waals surface area contributed by atoms with Crippen molar-refractivity contribution in [2.45, 2.75) is 6.92 Å². The molecule has 0 saturated heterocycles. The van der Waals surface area contributed by atoms with E-state index >= 15 is 0 Å². The van der Waals surface area contributed by atoms with Crippen LogP contribution in [0.2, 0.25) is 5.02 Å². The second-order valence-electron chi connectivity index (χ2n) is 5.76. The Labute approximate surface area is 158 Å². The van der Waals surface area contributed by atoms with Crippen LogP contribution >= 0.6 is 11.6 Å². The first-order valence-corrected chi connectivity index (χ1v) is 8.17. The molecule has 0 fully saturated rings. The predicted octanol–water partition coefficient (Wildman–Crippen LogP) is 4.29. The highest BCUT2D eigenvalue weighted by Gasteiger charge is 2.18. The van der Waals surface area contributed by atoms with Crippen molar-refractivity contribution >= 4 is 40.1 Å². The van der Waals surface area contributed by atoms with Crippen LogP contribution in [0, 0.1) is 12.7 Å². The first kappa shape index (κ1) is 18.6. The van der Waals surface area contributed by atoms with Crippen LogP contribution in [0.25, 0.3) is 10.9 Å². The Morgan fingerprint density at radius 3 is 2.59 bits per heavy atom. The van der Waals surface area contributed by atoms with Crippen molar-refractivity contribution in [1.82, 2.24) is 4.98 Å². The quantitative estimate of drug-likeness (QED) is 0.695. The van der Waals surface area contributed by atoms with E-state index in [1.165, 1.54) is 43.5 Å². The zero-order valence-electron chi connectivity index (χ0n) is 14.3. The van der Waals surface area contributed by atoms with Crippen LogP contribution in [0.4, 0.5) is 10.1 Å². The summed E-state index contributed by atoms with van der Waals surface area (Å²) >= 11 is 6.10. The number of carboxylic acid groups (broad SMARTS) is 1. The highest BCUT2D eigenvalue weighted by atomic mass is 35.5. The lowest BCUT2D eigenvalue weighted by molar-refractivity contribution is 0.0693. The van der Waals surface area contributed by atoms with Crippen molar-refractivity contribution in [3.63, 3.8) is 0 Å². The highest BCUT2D eigenvalue weighted by Crippen LogP contribution is 2.32. The number of amides is 1. The molecule has 0 aliphatic heterocycles. The Kier molecular flexibility index (Phi) is 4.96. The lowest BCUT2D eigenvalue weighted by Gasteiger charge is -2.13. The molecule has 0 atom stereocenters. The number of nitrogens with one attached hydrogen (secondary N) is 1. The van der Waals surface area contributed by atoms with Gasteiger partial charge in [-0.1, -0.05) is 11.6 Å². The van der Waals surface area contributed by atoms with E-state index in [4.69, 9.17) is 16.3 Å². The van der Waals surface area contributed by atoms with Gasteiger partial charge in [0.05, 0.1) is 28.9 Å². The van der Waals surface area contributed by atoms with Gasteiger partial charge in [0.25, 0.3) is 5.91 Å². The third kappa shape index (κ3) is 3.68. The van der Waals surface area contributed by atoms with Crippen molar-refractivity contribution in [2.75, 3.05) is 12.4 Å². The maximum Gasteiger partial charge on any atom is 0.339 e. The number of nitrogens with zero attached hydrogens (tertiary/aromatic N) is 1. The molecule has 3 rings (SSSR count). The summed E-state index contributed by atoms with van der Waals surface area (Å²) in [5.41, 5.74) is 1.32. The van der Waals surface area contributed by atoms with E-state index in [9.17, 15) is 19.1 Å². The normalized spacial score (nSPS) is 10.7. The molecule has 1 amide bonds. The molecule has 0 aliphatic carbocycles. The van der Waals surface area contributed by atoms with Crippen LogP contribution in [0.1, 0.15) is 26.4 Å². The number of fused-ring (bicyclic) bond motifs is 1. The molecule has 2 N–H and O–H groups in total. The smallest absolute Gasteiger partial charge is 0.339 e. The number of benzene rings is 2. The van der Waals surface area contributed by atoms with Crippen LogP contribution in [0.15, 0.2) is 36.4 Å². The molecule has 0 spiro atoms. The Bertz CT molecular complexity index is 1080. The second kappa shape index (κ2) is 7.20. The number of halogens is 2. The van der Waals surface area contributed by atoms with E-state index in [-0.39, 0.29) is 27.6 Å². The van der Waals surface area contributed by atoms with Crippen molar-refractivity contribution < 1.29 is 23.8 Å².